The van der Waals surface area contributed by atoms with Crippen molar-refractivity contribution >= 4 is 23.4 Å². The summed E-state index contributed by atoms with van der Waals surface area (Å²) in [6.07, 6.45) is 8.64. The zero-order valence-corrected chi connectivity index (χ0v) is 24.9. The number of halogens is 1. The van der Waals surface area contributed by atoms with Crippen molar-refractivity contribution in [3.63, 3.8) is 0 Å². The maximum atomic E-state index is 12.6. The van der Waals surface area contributed by atoms with Crippen LogP contribution in [-0.4, -0.2) is 70.6 Å². The topological polar surface area (TPSA) is 106 Å². The van der Waals surface area contributed by atoms with Crippen LogP contribution in [0, 0.1) is 11.8 Å². The number of aryl methyl sites for hydroxylation is 1. The van der Waals surface area contributed by atoms with Gasteiger partial charge < -0.3 is 29.9 Å². The molecule has 1 aromatic carbocycles. The van der Waals surface area contributed by atoms with Crippen LogP contribution in [0.5, 0.6) is 5.75 Å². The molecule has 3 heterocycles. The second-order valence-electron chi connectivity index (χ2n) is 12.7. The van der Waals surface area contributed by atoms with Crippen molar-refractivity contribution in [2.45, 2.75) is 62.1 Å². The van der Waals surface area contributed by atoms with Crippen LogP contribution in [0.1, 0.15) is 55.3 Å². The lowest BCUT2D eigenvalue weighted by atomic mass is 9.68. The molecule has 2 aliphatic heterocycles. The Hall–Kier alpha value is -3.07. The molecule has 224 valence electrons. The van der Waals surface area contributed by atoms with E-state index in [9.17, 15) is 20.1 Å². The maximum absolute atomic E-state index is 12.6. The highest BCUT2D eigenvalue weighted by molar-refractivity contribution is 6.30. The molecule has 1 spiro atoms. The number of anilines is 1. The van der Waals surface area contributed by atoms with E-state index < -0.39 is 17.7 Å². The zero-order chi connectivity index (χ0) is 29.6. The van der Waals surface area contributed by atoms with Crippen molar-refractivity contribution in [1.82, 2.24) is 9.88 Å². The Balaban J connectivity index is 1.46. The van der Waals surface area contributed by atoms with E-state index in [2.05, 4.69) is 23.6 Å². The average Bonchev–Trinajstić information content (AvgIpc) is 3.09. The van der Waals surface area contributed by atoms with E-state index in [0.29, 0.717) is 49.9 Å². The first kappa shape index (κ1) is 29.0. The molecule has 42 heavy (non-hydrogen) atoms. The standard InChI is InChI=1S/C33H40ClN3O5/c1-21-17-33(41,31(39)40)29-13-12-28-30(35-29)37(18-23-8-10-25(23)27(38)7-3-4-15-36(21)2)19-32(20-42-28)14-5-6-22-16-24(34)9-11-26(22)32/h3,7,9,11-13,16,23,25,27,38,41H,1,4-6,8,10,14-15,17-20H2,2H3,(H,39,40)/b7-3+/t23-,25+,27-,32-,33-/m0/s1. The molecular weight excluding hydrogens is 554 g/mol. The van der Waals surface area contributed by atoms with E-state index in [1.54, 1.807) is 12.1 Å². The Labute approximate surface area is 252 Å². The molecule has 1 aromatic heterocycles. The summed E-state index contributed by atoms with van der Waals surface area (Å²) in [5.41, 5.74) is 0.440. The first-order valence-electron chi connectivity index (χ1n) is 15.0. The van der Waals surface area contributed by atoms with Crippen molar-refractivity contribution in [3.05, 3.63) is 76.6 Å². The molecule has 1 saturated carbocycles. The summed E-state index contributed by atoms with van der Waals surface area (Å²) in [5.74, 6) is 0.0927. The van der Waals surface area contributed by atoms with Gasteiger partial charge in [-0.05, 0) is 85.8 Å². The van der Waals surface area contributed by atoms with E-state index in [1.165, 1.54) is 11.1 Å². The third kappa shape index (κ3) is 5.18. The molecule has 9 heteroatoms. The molecule has 4 aliphatic rings. The fraction of sp³-hybridized carbons (Fsp3) is 0.515. The minimum Gasteiger partial charge on any atom is -0.489 e. The van der Waals surface area contributed by atoms with Gasteiger partial charge in [-0.2, -0.15) is 0 Å². The van der Waals surface area contributed by atoms with Crippen LogP contribution in [0.3, 0.4) is 0 Å². The van der Waals surface area contributed by atoms with E-state index >= 15 is 0 Å². The molecule has 0 unspecified atom stereocenters. The number of pyridine rings is 1. The average molecular weight is 594 g/mol. The van der Waals surface area contributed by atoms with Crippen LogP contribution in [0.25, 0.3) is 0 Å². The van der Waals surface area contributed by atoms with Crippen LogP contribution in [-0.2, 0) is 22.2 Å². The summed E-state index contributed by atoms with van der Waals surface area (Å²) < 4.78 is 6.51. The zero-order valence-electron chi connectivity index (χ0n) is 24.1. The summed E-state index contributed by atoms with van der Waals surface area (Å²) in [7, 11) is 1.83. The molecule has 8 nitrogen and oxygen atoms in total. The SMILES string of the molecule is C=C1C[C@@](O)(C(=O)O)c2ccc3c(n2)N(C[C@@H]2CC[C@H]2[C@@H](O)/C=C/CCN1C)C[C@@]1(CCCc2cc(Cl)ccc21)CO3. The Bertz CT molecular complexity index is 1410. The molecule has 2 bridgehead atoms. The number of nitrogens with zero attached hydrogens (tertiary/aromatic N) is 3. The van der Waals surface area contributed by atoms with Gasteiger partial charge in [-0.3, -0.25) is 0 Å². The molecule has 6 rings (SSSR count). The normalized spacial score (nSPS) is 32.2. The maximum Gasteiger partial charge on any atom is 0.342 e. The molecule has 0 radical (unpaired) electrons. The van der Waals surface area contributed by atoms with Crippen LogP contribution in [0.4, 0.5) is 5.82 Å². The molecule has 3 N–H and O–H groups in total. The number of carboxylic acid groups (broad SMARTS) is 1. The highest BCUT2D eigenvalue weighted by Crippen LogP contribution is 2.46. The van der Waals surface area contributed by atoms with Gasteiger partial charge in [-0.1, -0.05) is 36.4 Å². The number of hydrogen-bond acceptors (Lipinski definition) is 7. The van der Waals surface area contributed by atoms with Crippen molar-refractivity contribution in [2.75, 3.05) is 38.2 Å². The fourth-order valence-corrected chi connectivity index (χ4v) is 7.47. The number of aliphatic hydroxyl groups excluding tert-OH is 1. The van der Waals surface area contributed by atoms with Gasteiger partial charge in [-0.15, -0.1) is 0 Å². The van der Waals surface area contributed by atoms with Gasteiger partial charge in [0.1, 0.15) is 0 Å². The van der Waals surface area contributed by atoms with Crippen molar-refractivity contribution in [1.29, 1.82) is 0 Å². The van der Waals surface area contributed by atoms with Crippen LogP contribution in [0.2, 0.25) is 5.02 Å². The lowest BCUT2D eigenvalue weighted by molar-refractivity contribution is -0.160. The second-order valence-corrected chi connectivity index (χ2v) is 13.1. The van der Waals surface area contributed by atoms with Gasteiger partial charge in [0.15, 0.2) is 11.6 Å². The number of carbonyl (C=O) groups is 1. The number of fused-ring (bicyclic) bond motifs is 4. The lowest BCUT2D eigenvalue weighted by Gasteiger charge is -2.45. The Morgan fingerprint density at radius 1 is 1.24 bits per heavy atom. The Morgan fingerprint density at radius 2 is 2.07 bits per heavy atom. The van der Waals surface area contributed by atoms with E-state index in [4.69, 9.17) is 21.3 Å². The quantitative estimate of drug-likeness (QED) is 0.410. The number of rotatable bonds is 1. The van der Waals surface area contributed by atoms with Crippen molar-refractivity contribution in [3.8, 4) is 5.75 Å². The third-order valence-electron chi connectivity index (χ3n) is 9.99. The van der Waals surface area contributed by atoms with Gasteiger partial charge in [0.25, 0.3) is 0 Å². The molecule has 2 aromatic rings. The Morgan fingerprint density at radius 3 is 2.83 bits per heavy atom. The number of carboxylic acids is 1. The molecule has 0 amide bonds. The molecule has 2 aliphatic carbocycles. The van der Waals surface area contributed by atoms with E-state index in [0.717, 1.165) is 37.1 Å². The number of aliphatic hydroxyl groups is 2. The first-order valence-corrected chi connectivity index (χ1v) is 15.3. The van der Waals surface area contributed by atoms with Crippen molar-refractivity contribution < 1.29 is 24.9 Å². The molecule has 5 atom stereocenters. The van der Waals surface area contributed by atoms with Gasteiger partial charge in [0.05, 0.1) is 18.4 Å². The van der Waals surface area contributed by atoms with Crippen LogP contribution >= 0.6 is 11.6 Å². The highest BCUT2D eigenvalue weighted by atomic mass is 35.5. The minimum atomic E-state index is -2.26. The monoisotopic (exact) mass is 593 g/mol. The highest BCUT2D eigenvalue weighted by Gasteiger charge is 2.46. The molecular formula is C33H40ClN3O5. The molecule has 0 saturated heterocycles. The predicted molar refractivity (Wildman–Crippen MR) is 162 cm³/mol. The van der Waals surface area contributed by atoms with Gasteiger partial charge in [0, 0.05) is 49.2 Å². The smallest absolute Gasteiger partial charge is 0.342 e. The van der Waals surface area contributed by atoms with E-state index in [1.807, 2.05) is 30.2 Å². The van der Waals surface area contributed by atoms with Crippen LogP contribution in [0.15, 0.2) is 54.8 Å². The number of ether oxygens (including phenoxy) is 1. The third-order valence-corrected chi connectivity index (χ3v) is 10.2. The summed E-state index contributed by atoms with van der Waals surface area (Å²) in [5, 5.41) is 33.7. The predicted octanol–water partition coefficient (Wildman–Crippen LogP) is 4.66. The fourth-order valence-electron chi connectivity index (χ4n) is 7.28. The Kier molecular flexibility index (Phi) is 7.75. The summed E-state index contributed by atoms with van der Waals surface area (Å²) >= 11 is 6.39. The first-order chi connectivity index (χ1) is 20.1. The summed E-state index contributed by atoms with van der Waals surface area (Å²) in [6, 6.07) is 9.43. The largest absolute Gasteiger partial charge is 0.489 e. The summed E-state index contributed by atoms with van der Waals surface area (Å²) in [4.78, 5) is 21.5. The molecule has 1 fully saturated rings. The summed E-state index contributed by atoms with van der Waals surface area (Å²) in [6.45, 7) is 6.39. The number of aromatic nitrogens is 1. The minimum absolute atomic E-state index is 0.0564. The van der Waals surface area contributed by atoms with Crippen molar-refractivity contribution in [2.24, 2.45) is 11.8 Å². The number of benzene rings is 1. The van der Waals surface area contributed by atoms with Gasteiger partial charge >= 0.3 is 5.97 Å². The van der Waals surface area contributed by atoms with Crippen LogP contribution < -0.4 is 9.64 Å². The lowest BCUT2D eigenvalue weighted by Crippen LogP contribution is -2.49. The van der Waals surface area contributed by atoms with Gasteiger partial charge in [-0.25, -0.2) is 9.78 Å². The van der Waals surface area contributed by atoms with Gasteiger partial charge in [0.2, 0.25) is 5.60 Å². The number of aliphatic carboxylic acids is 1. The number of hydrogen-bond donors (Lipinski definition) is 3. The van der Waals surface area contributed by atoms with E-state index in [-0.39, 0.29) is 29.4 Å². The second kappa shape index (κ2) is 11.2.